The summed E-state index contributed by atoms with van der Waals surface area (Å²) in [6.45, 7) is 3.37. The molecule has 0 bridgehead atoms. The molecule has 6 nitrogen and oxygen atoms in total. The lowest BCUT2D eigenvalue weighted by molar-refractivity contribution is 0.451. The Morgan fingerprint density at radius 3 is 2.68 bits per heavy atom. The van der Waals surface area contributed by atoms with Crippen LogP contribution in [0, 0.1) is 6.92 Å². The lowest BCUT2D eigenvalue weighted by Gasteiger charge is -2.25. The zero-order valence-electron chi connectivity index (χ0n) is 16.0. The number of rotatable bonds is 6. The molecule has 0 spiro atoms. The molecule has 0 aliphatic carbocycles. The van der Waals surface area contributed by atoms with E-state index in [1.165, 1.54) is 0 Å². The van der Waals surface area contributed by atoms with Crippen LogP contribution in [0.4, 0.5) is 0 Å². The normalized spacial score (nSPS) is 12.4. The molecule has 2 heterocycles. The number of hydrogen-bond donors (Lipinski definition) is 1. The van der Waals surface area contributed by atoms with E-state index in [9.17, 15) is 0 Å². The van der Waals surface area contributed by atoms with E-state index in [0.29, 0.717) is 13.1 Å². The van der Waals surface area contributed by atoms with Crippen LogP contribution in [0.1, 0.15) is 22.3 Å². The van der Waals surface area contributed by atoms with E-state index in [1.54, 1.807) is 24.6 Å². The zero-order chi connectivity index (χ0) is 19.2. The first-order valence-corrected chi connectivity index (χ1v) is 9.90. The fraction of sp³-hybridized carbons (Fsp3) is 0.316. The van der Waals surface area contributed by atoms with Crippen LogP contribution in [0.2, 0.25) is 5.02 Å². The lowest BCUT2D eigenvalue weighted by atomic mass is 10.1. The van der Waals surface area contributed by atoms with Crippen molar-refractivity contribution in [2.24, 2.45) is 4.99 Å². The van der Waals surface area contributed by atoms with Gasteiger partial charge >= 0.3 is 0 Å². The van der Waals surface area contributed by atoms with Gasteiger partial charge in [0.2, 0.25) is 0 Å². The number of nitrogens with one attached hydrogen (secondary N) is 1. The maximum Gasteiger partial charge on any atom is 0.193 e. The predicted octanol–water partition coefficient (Wildman–Crippen LogP) is 4.22. The zero-order valence-corrected chi connectivity index (χ0v) is 19.9. The van der Waals surface area contributed by atoms with Gasteiger partial charge in [0.25, 0.3) is 0 Å². The van der Waals surface area contributed by atoms with Crippen molar-refractivity contribution in [3.05, 3.63) is 69.4 Å². The first-order valence-electron chi connectivity index (χ1n) is 8.64. The van der Waals surface area contributed by atoms with Crippen molar-refractivity contribution in [3.8, 4) is 0 Å². The number of aromatic nitrogens is 3. The minimum atomic E-state index is 0. The fourth-order valence-electron chi connectivity index (χ4n) is 2.89. The van der Waals surface area contributed by atoms with Crippen LogP contribution in [-0.2, 0) is 6.54 Å². The molecule has 0 saturated carbocycles. The molecule has 0 aliphatic heterocycles. The number of aliphatic imine (C=N–C) groups is 1. The Morgan fingerprint density at radius 2 is 2.11 bits per heavy atom. The summed E-state index contributed by atoms with van der Waals surface area (Å²) < 4.78 is 1.94. The quantitative estimate of drug-likeness (QED) is 0.295. The van der Waals surface area contributed by atoms with Crippen LogP contribution >= 0.6 is 46.9 Å². The number of thiazole rings is 1. The fourth-order valence-corrected chi connectivity index (χ4v) is 3.62. The highest BCUT2D eigenvalue weighted by atomic mass is 127. The minimum Gasteiger partial charge on any atom is -0.354 e. The van der Waals surface area contributed by atoms with Gasteiger partial charge in [-0.25, -0.2) is 4.98 Å². The summed E-state index contributed by atoms with van der Waals surface area (Å²) in [5, 5.41) is 11.7. The summed E-state index contributed by atoms with van der Waals surface area (Å²) in [4.78, 5) is 11.0. The average molecular weight is 531 g/mol. The molecule has 0 fully saturated rings. The molecule has 1 N–H and O–H groups in total. The highest BCUT2D eigenvalue weighted by Crippen LogP contribution is 2.19. The molecule has 3 aromatic rings. The Kier molecular flexibility index (Phi) is 8.71. The summed E-state index contributed by atoms with van der Waals surface area (Å²) in [5.74, 6) is 0.812. The van der Waals surface area contributed by atoms with Gasteiger partial charge in [0.1, 0.15) is 0 Å². The van der Waals surface area contributed by atoms with Gasteiger partial charge in [-0.05, 0) is 30.7 Å². The Balaban J connectivity index is 0.00000280. The SMILES string of the molecule is CN=C(NCC(c1ccc(Cl)cc1)n1cccn1)N(C)Cc1csc(C)n1.I. The number of aryl methyl sites for hydroxylation is 1. The standard InChI is InChI=1S/C19H23ClN6S.HI/c1-14-24-17(13-27-14)12-25(3)19(21-2)22-11-18(26-10-4-9-23-26)15-5-7-16(20)8-6-15;/h4-10,13,18H,11-12H2,1-3H3,(H,21,22);1H. The minimum absolute atomic E-state index is 0. The molecule has 0 aliphatic rings. The van der Waals surface area contributed by atoms with Crippen LogP contribution < -0.4 is 5.32 Å². The van der Waals surface area contributed by atoms with E-state index >= 15 is 0 Å². The van der Waals surface area contributed by atoms with Crippen molar-refractivity contribution in [2.45, 2.75) is 19.5 Å². The van der Waals surface area contributed by atoms with Gasteiger partial charge in [0.05, 0.1) is 23.3 Å². The maximum atomic E-state index is 6.04. The monoisotopic (exact) mass is 530 g/mol. The van der Waals surface area contributed by atoms with Gasteiger partial charge in [-0.1, -0.05) is 23.7 Å². The number of halogens is 2. The van der Waals surface area contributed by atoms with E-state index < -0.39 is 0 Å². The second-order valence-electron chi connectivity index (χ2n) is 6.20. The van der Waals surface area contributed by atoms with Crippen molar-refractivity contribution in [3.63, 3.8) is 0 Å². The van der Waals surface area contributed by atoms with Crippen molar-refractivity contribution in [2.75, 3.05) is 20.6 Å². The van der Waals surface area contributed by atoms with Crippen LogP contribution in [-0.4, -0.2) is 46.3 Å². The van der Waals surface area contributed by atoms with Crippen molar-refractivity contribution in [1.29, 1.82) is 0 Å². The van der Waals surface area contributed by atoms with Gasteiger partial charge in [-0.2, -0.15) is 5.10 Å². The second kappa shape index (κ2) is 10.8. The lowest BCUT2D eigenvalue weighted by Crippen LogP contribution is -2.41. The van der Waals surface area contributed by atoms with E-state index in [1.807, 2.05) is 55.2 Å². The van der Waals surface area contributed by atoms with Crippen LogP contribution in [0.3, 0.4) is 0 Å². The molecule has 1 unspecified atom stereocenters. The number of hydrogen-bond acceptors (Lipinski definition) is 4. The third-order valence-corrected chi connectivity index (χ3v) is 5.27. The second-order valence-corrected chi connectivity index (χ2v) is 7.69. The van der Waals surface area contributed by atoms with Gasteiger partial charge in [0, 0.05) is 43.4 Å². The first kappa shape index (κ1) is 22.6. The van der Waals surface area contributed by atoms with E-state index in [4.69, 9.17) is 11.6 Å². The van der Waals surface area contributed by atoms with E-state index in [0.717, 1.165) is 27.2 Å². The molecule has 0 amide bonds. The molecular weight excluding hydrogens is 507 g/mol. The highest BCUT2D eigenvalue weighted by Gasteiger charge is 2.16. The maximum absolute atomic E-state index is 6.04. The van der Waals surface area contributed by atoms with Crippen LogP contribution in [0.5, 0.6) is 0 Å². The predicted molar refractivity (Wildman–Crippen MR) is 127 cm³/mol. The number of nitrogens with zero attached hydrogens (tertiary/aromatic N) is 5. The van der Waals surface area contributed by atoms with Crippen molar-refractivity contribution >= 4 is 52.9 Å². The Labute approximate surface area is 191 Å². The number of benzene rings is 1. The third kappa shape index (κ3) is 5.92. The number of guanidine groups is 1. The summed E-state index contributed by atoms with van der Waals surface area (Å²) in [5.41, 5.74) is 2.17. The Morgan fingerprint density at radius 1 is 1.36 bits per heavy atom. The molecule has 1 aromatic carbocycles. The largest absolute Gasteiger partial charge is 0.354 e. The highest BCUT2D eigenvalue weighted by molar-refractivity contribution is 14.0. The molecule has 0 saturated heterocycles. The van der Waals surface area contributed by atoms with Gasteiger partial charge < -0.3 is 10.2 Å². The van der Waals surface area contributed by atoms with Crippen LogP contribution in [0.25, 0.3) is 0 Å². The van der Waals surface area contributed by atoms with Crippen molar-refractivity contribution in [1.82, 2.24) is 25.0 Å². The van der Waals surface area contributed by atoms with Gasteiger partial charge in [0.15, 0.2) is 5.96 Å². The Hall–Kier alpha value is -1.65. The van der Waals surface area contributed by atoms with Gasteiger partial charge in [-0.3, -0.25) is 9.67 Å². The smallest absolute Gasteiger partial charge is 0.193 e. The summed E-state index contributed by atoms with van der Waals surface area (Å²) in [7, 11) is 3.80. The molecule has 0 radical (unpaired) electrons. The third-order valence-electron chi connectivity index (χ3n) is 4.19. The molecular formula is C19H24ClIN6S. The van der Waals surface area contributed by atoms with E-state index in [-0.39, 0.29) is 30.0 Å². The molecule has 9 heteroatoms. The summed E-state index contributed by atoms with van der Waals surface area (Å²) in [6, 6.07) is 9.82. The van der Waals surface area contributed by atoms with Crippen LogP contribution in [0.15, 0.2) is 53.1 Å². The summed E-state index contributed by atoms with van der Waals surface area (Å²) >= 11 is 7.70. The molecule has 2 aromatic heterocycles. The van der Waals surface area contributed by atoms with E-state index in [2.05, 4.69) is 30.7 Å². The van der Waals surface area contributed by atoms with Crippen molar-refractivity contribution < 1.29 is 0 Å². The Bertz CT molecular complexity index is 878. The molecule has 28 heavy (non-hydrogen) atoms. The summed E-state index contributed by atoms with van der Waals surface area (Å²) in [6.07, 6.45) is 3.75. The topological polar surface area (TPSA) is 58.3 Å². The molecule has 1 atom stereocenters. The first-order chi connectivity index (χ1) is 13.1. The average Bonchev–Trinajstić information content (AvgIpc) is 3.32. The van der Waals surface area contributed by atoms with Gasteiger partial charge in [-0.15, -0.1) is 35.3 Å². The molecule has 3 rings (SSSR count). The molecule has 150 valence electrons.